The van der Waals surface area contributed by atoms with Gasteiger partial charge < -0.3 is 20.1 Å². The monoisotopic (exact) mass is 519 g/mol. The normalized spacial score (nSPS) is 13.2. The van der Waals surface area contributed by atoms with Crippen molar-refractivity contribution in [3.63, 3.8) is 0 Å². The van der Waals surface area contributed by atoms with Crippen molar-refractivity contribution >= 4 is 35.6 Å². The standard InChI is InChI=1S/C22H25N5O2.HI/c1-2-23-22(26-18-9-10-20-21(15-18)29-14-6-13-28-20)24-16-17-7-3-4-8-19(17)27-12-5-11-25-27;/h3-5,7-12,15H,2,6,13-14,16H2,1H3,(H2,23,24,26);1H. The molecule has 0 fully saturated rings. The third kappa shape index (κ3) is 5.44. The Kier molecular flexibility index (Phi) is 7.95. The van der Waals surface area contributed by atoms with Gasteiger partial charge in [0.15, 0.2) is 17.5 Å². The molecule has 0 aliphatic carbocycles. The van der Waals surface area contributed by atoms with E-state index >= 15 is 0 Å². The fourth-order valence-electron chi connectivity index (χ4n) is 3.13. The molecule has 2 N–H and O–H groups in total. The van der Waals surface area contributed by atoms with Crippen LogP contribution in [0.25, 0.3) is 5.69 Å². The van der Waals surface area contributed by atoms with E-state index in [-0.39, 0.29) is 24.0 Å². The van der Waals surface area contributed by atoms with Gasteiger partial charge in [0.1, 0.15) is 0 Å². The molecule has 1 aromatic heterocycles. The molecule has 0 bridgehead atoms. The Morgan fingerprint density at radius 2 is 1.93 bits per heavy atom. The van der Waals surface area contributed by atoms with E-state index in [2.05, 4.69) is 21.8 Å². The van der Waals surface area contributed by atoms with E-state index in [1.807, 2.05) is 60.3 Å². The van der Waals surface area contributed by atoms with Crippen molar-refractivity contribution in [1.29, 1.82) is 0 Å². The molecule has 30 heavy (non-hydrogen) atoms. The first kappa shape index (κ1) is 21.9. The topological polar surface area (TPSA) is 72.7 Å². The summed E-state index contributed by atoms with van der Waals surface area (Å²) >= 11 is 0. The maximum Gasteiger partial charge on any atom is 0.196 e. The first-order valence-electron chi connectivity index (χ1n) is 9.86. The zero-order valence-electron chi connectivity index (χ0n) is 16.9. The van der Waals surface area contributed by atoms with Crippen LogP contribution in [-0.4, -0.2) is 35.5 Å². The fourth-order valence-corrected chi connectivity index (χ4v) is 3.13. The van der Waals surface area contributed by atoms with Crippen LogP contribution < -0.4 is 20.1 Å². The molecule has 8 heteroatoms. The van der Waals surface area contributed by atoms with Crippen molar-refractivity contribution in [2.24, 2.45) is 4.99 Å². The molecule has 1 aliphatic rings. The summed E-state index contributed by atoms with van der Waals surface area (Å²) in [6.07, 6.45) is 4.59. The van der Waals surface area contributed by atoms with Crippen LogP contribution in [0, 0.1) is 0 Å². The third-order valence-electron chi connectivity index (χ3n) is 4.50. The number of nitrogens with zero attached hydrogens (tertiary/aromatic N) is 3. The quantitative estimate of drug-likeness (QED) is 0.300. The molecule has 3 aromatic rings. The zero-order valence-corrected chi connectivity index (χ0v) is 19.2. The van der Waals surface area contributed by atoms with E-state index < -0.39 is 0 Å². The second-order valence-corrected chi connectivity index (χ2v) is 6.61. The molecule has 0 amide bonds. The number of hydrogen-bond donors (Lipinski definition) is 2. The number of para-hydroxylation sites is 1. The van der Waals surface area contributed by atoms with Crippen LogP contribution >= 0.6 is 24.0 Å². The average molecular weight is 519 g/mol. The van der Waals surface area contributed by atoms with Crippen molar-refractivity contribution < 1.29 is 9.47 Å². The molecule has 2 aromatic carbocycles. The van der Waals surface area contributed by atoms with Gasteiger partial charge in [0, 0.05) is 37.1 Å². The van der Waals surface area contributed by atoms with E-state index in [4.69, 9.17) is 14.5 Å². The Balaban J connectivity index is 0.00000256. The molecule has 0 saturated heterocycles. The number of hydrogen-bond acceptors (Lipinski definition) is 4. The molecule has 0 saturated carbocycles. The van der Waals surface area contributed by atoms with Crippen LogP contribution in [0.1, 0.15) is 18.9 Å². The van der Waals surface area contributed by atoms with Crippen molar-refractivity contribution in [3.8, 4) is 17.2 Å². The number of fused-ring (bicyclic) bond motifs is 1. The van der Waals surface area contributed by atoms with Crippen LogP contribution in [0.15, 0.2) is 65.9 Å². The van der Waals surface area contributed by atoms with Crippen LogP contribution in [0.5, 0.6) is 11.5 Å². The summed E-state index contributed by atoms with van der Waals surface area (Å²) in [5.74, 6) is 2.24. The minimum absolute atomic E-state index is 0. The van der Waals surface area contributed by atoms with E-state index in [0.717, 1.165) is 41.4 Å². The van der Waals surface area contributed by atoms with E-state index in [0.29, 0.717) is 25.7 Å². The summed E-state index contributed by atoms with van der Waals surface area (Å²) in [5, 5.41) is 11.0. The van der Waals surface area contributed by atoms with Crippen molar-refractivity contribution in [1.82, 2.24) is 15.1 Å². The van der Waals surface area contributed by atoms with Crippen LogP contribution in [-0.2, 0) is 6.54 Å². The molecule has 158 valence electrons. The minimum Gasteiger partial charge on any atom is -0.490 e. The molecule has 7 nitrogen and oxygen atoms in total. The number of guanidine groups is 1. The zero-order chi connectivity index (χ0) is 19.9. The largest absolute Gasteiger partial charge is 0.490 e. The molecule has 1 aliphatic heterocycles. The molecular formula is C22H26IN5O2. The molecule has 2 heterocycles. The lowest BCUT2D eigenvalue weighted by molar-refractivity contribution is 0.297. The van der Waals surface area contributed by atoms with E-state index in [9.17, 15) is 0 Å². The van der Waals surface area contributed by atoms with Gasteiger partial charge in [-0.2, -0.15) is 5.10 Å². The fraction of sp³-hybridized carbons (Fsp3) is 0.273. The number of anilines is 1. The van der Waals surface area contributed by atoms with Crippen LogP contribution in [0.2, 0.25) is 0 Å². The van der Waals surface area contributed by atoms with Crippen LogP contribution in [0.4, 0.5) is 5.69 Å². The van der Waals surface area contributed by atoms with Gasteiger partial charge in [-0.3, -0.25) is 0 Å². The van der Waals surface area contributed by atoms with Crippen molar-refractivity contribution in [2.75, 3.05) is 25.1 Å². The highest BCUT2D eigenvalue weighted by Crippen LogP contribution is 2.32. The Morgan fingerprint density at radius 3 is 2.73 bits per heavy atom. The highest BCUT2D eigenvalue weighted by molar-refractivity contribution is 14.0. The Labute approximate surface area is 193 Å². The maximum atomic E-state index is 5.78. The lowest BCUT2D eigenvalue weighted by Crippen LogP contribution is -2.30. The number of ether oxygens (including phenoxy) is 2. The molecule has 0 radical (unpaired) electrons. The first-order chi connectivity index (χ1) is 14.3. The van der Waals surface area contributed by atoms with Gasteiger partial charge in [0.25, 0.3) is 0 Å². The molecule has 4 rings (SSSR count). The number of halogens is 1. The highest BCUT2D eigenvalue weighted by Gasteiger charge is 2.11. The van der Waals surface area contributed by atoms with Gasteiger partial charge in [-0.1, -0.05) is 18.2 Å². The second-order valence-electron chi connectivity index (χ2n) is 6.61. The first-order valence-corrected chi connectivity index (χ1v) is 9.86. The van der Waals surface area contributed by atoms with Gasteiger partial charge in [-0.15, -0.1) is 24.0 Å². The molecule has 0 spiro atoms. The van der Waals surface area contributed by atoms with Gasteiger partial charge in [0.2, 0.25) is 0 Å². The van der Waals surface area contributed by atoms with Gasteiger partial charge >= 0.3 is 0 Å². The molecular weight excluding hydrogens is 493 g/mol. The average Bonchev–Trinajstić information content (AvgIpc) is 3.18. The predicted molar refractivity (Wildman–Crippen MR) is 129 cm³/mol. The Morgan fingerprint density at radius 1 is 1.10 bits per heavy atom. The van der Waals surface area contributed by atoms with Crippen molar-refractivity contribution in [3.05, 3.63) is 66.5 Å². The number of aromatic nitrogens is 2. The summed E-state index contributed by atoms with van der Waals surface area (Å²) in [7, 11) is 0. The predicted octanol–water partition coefficient (Wildman–Crippen LogP) is 4.23. The summed E-state index contributed by atoms with van der Waals surface area (Å²) in [5.41, 5.74) is 3.01. The van der Waals surface area contributed by atoms with Crippen LogP contribution in [0.3, 0.4) is 0 Å². The third-order valence-corrected chi connectivity index (χ3v) is 4.50. The van der Waals surface area contributed by atoms with Gasteiger partial charge in [-0.25, -0.2) is 9.67 Å². The van der Waals surface area contributed by atoms with Gasteiger partial charge in [0.05, 0.1) is 25.4 Å². The number of rotatable bonds is 5. The molecule has 0 atom stereocenters. The van der Waals surface area contributed by atoms with Crippen molar-refractivity contribution in [2.45, 2.75) is 19.9 Å². The van der Waals surface area contributed by atoms with E-state index in [1.165, 1.54) is 0 Å². The number of aliphatic imine (C=N–C) groups is 1. The van der Waals surface area contributed by atoms with E-state index in [1.54, 1.807) is 6.20 Å². The SMILES string of the molecule is CCNC(=NCc1ccccc1-n1cccn1)Nc1ccc2c(c1)OCCCO2.I. The second kappa shape index (κ2) is 10.9. The maximum absolute atomic E-state index is 5.78. The Bertz CT molecular complexity index is 975. The summed E-state index contributed by atoms with van der Waals surface area (Å²) in [4.78, 5) is 4.76. The summed E-state index contributed by atoms with van der Waals surface area (Å²) < 4.78 is 13.3. The Hall–Kier alpha value is -2.75. The number of benzene rings is 2. The van der Waals surface area contributed by atoms with Gasteiger partial charge in [-0.05, 0) is 36.8 Å². The molecule has 0 unspecified atom stereocenters. The number of nitrogens with one attached hydrogen (secondary N) is 2. The summed E-state index contributed by atoms with van der Waals surface area (Å²) in [6.45, 7) is 4.67. The lowest BCUT2D eigenvalue weighted by Gasteiger charge is -2.14. The highest BCUT2D eigenvalue weighted by atomic mass is 127. The summed E-state index contributed by atoms with van der Waals surface area (Å²) in [6, 6.07) is 15.9. The smallest absolute Gasteiger partial charge is 0.196 e. The minimum atomic E-state index is 0. The lowest BCUT2D eigenvalue weighted by atomic mass is 10.2.